The second-order valence-corrected chi connectivity index (χ2v) is 6.74. The quantitative estimate of drug-likeness (QED) is 0.755. The van der Waals surface area contributed by atoms with E-state index in [1.807, 2.05) is 24.3 Å². The van der Waals surface area contributed by atoms with Crippen molar-refractivity contribution in [3.8, 4) is 11.5 Å². The molecule has 0 saturated heterocycles. The molecule has 1 N–H and O–H groups in total. The first-order chi connectivity index (χ1) is 13.4. The first-order valence-corrected chi connectivity index (χ1v) is 9.25. The maximum Gasteiger partial charge on any atom is 0.251 e. The molecule has 6 heteroatoms. The van der Waals surface area contributed by atoms with Gasteiger partial charge >= 0.3 is 0 Å². The summed E-state index contributed by atoms with van der Waals surface area (Å²) in [5.41, 5.74) is 2.50. The maximum absolute atomic E-state index is 12.4. The number of carbonyl (C=O) groups excluding carboxylic acids is 2. The summed E-state index contributed by atoms with van der Waals surface area (Å²) in [5, 5.41) is 2.84. The summed E-state index contributed by atoms with van der Waals surface area (Å²) in [7, 11) is 3.07. The lowest BCUT2D eigenvalue weighted by molar-refractivity contribution is -0.116. The number of nitrogens with one attached hydrogen (secondary N) is 1. The van der Waals surface area contributed by atoms with Crippen molar-refractivity contribution in [2.45, 2.75) is 26.7 Å². The summed E-state index contributed by atoms with van der Waals surface area (Å²) < 4.78 is 10.4. The van der Waals surface area contributed by atoms with Crippen molar-refractivity contribution >= 4 is 17.5 Å². The monoisotopic (exact) mass is 384 g/mol. The summed E-state index contributed by atoms with van der Waals surface area (Å²) in [6.45, 7) is 6.49. The third-order valence-electron chi connectivity index (χ3n) is 4.52. The number of benzene rings is 2. The van der Waals surface area contributed by atoms with Crippen molar-refractivity contribution < 1.29 is 19.1 Å². The Morgan fingerprint density at radius 1 is 1.00 bits per heavy atom. The fraction of sp³-hybridized carbons (Fsp3) is 0.364. The van der Waals surface area contributed by atoms with E-state index in [2.05, 4.69) is 19.2 Å². The Kier molecular flexibility index (Phi) is 7.44. The molecule has 2 aromatic carbocycles. The highest BCUT2D eigenvalue weighted by Crippen LogP contribution is 2.27. The first-order valence-electron chi connectivity index (χ1n) is 9.25. The zero-order chi connectivity index (χ0) is 20.7. The number of carbonyl (C=O) groups is 2. The van der Waals surface area contributed by atoms with Crippen LogP contribution in [0.3, 0.4) is 0 Å². The van der Waals surface area contributed by atoms with Crippen molar-refractivity contribution in [3.05, 3.63) is 53.6 Å². The van der Waals surface area contributed by atoms with Crippen LogP contribution in [0.2, 0.25) is 0 Å². The molecule has 0 bridgehead atoms. The highest BCUT2D eigenvalue weighted by Gasteiger charge is 2.14. The second kappa shape index (κ2) is 9.78. The van der Waals surface area contributed by atoms with Crippen molar-refractivity contribution in [2.24, 2.45) is 0 Å². The lowest BCUT2D eigenvalue weighted by Gasteiger charge is -2.22. The van der Waals surface area contributed by atoms with Gasteiger partial charge in [-0.05, 0) is 41.8 Å². The van der Waals surface area contributed by atoms with Gasteiger partial charge in [0.2, 0.25) is 5.91 Å². The number of amides is 2. The molecule has 0 aliphatic carbocycles. The zero-order valence-corrected chi connectivity index (χ0v) is 17.1. The number of ether oxygens (including phenoxy) is 2. The molecule has 0 aliphatic heterocycles. The Balaban J connectivity index is 2.01. The Morgan fingerprint density at radius 2 is 1.64 bits per heavy atom. The number of hydrogen-bond acceptors (Lipinski definition) is 4. The van der Waals surface area contributed by atoms with Crippen LogP contribution in [-0.2, 0) is 4.79 Å². The van der Waals surface area contributed by atoms with Gasteiger partial charge in [0, 0.05) is 31.3 Å². The van der Waals surface area contributed by atoms with Gasteiger partial charge in [-0.1, -0.05) is 26.0 Å². The molecule has 2 aromatic rings. The van der Waals surface area contributed by atoms with Crippen LogP contribution in [0.25, 0.3) is 0 Å². The molecule has 0 heterocycles. The van der Waals surface area contributed by atoms with Gasteiger partial charge in [0.05, 0.1) is 14.2 Å². The lowest BCUT2D eigenvalue weighted by atomic mass is 10.0. The molecular formula is C22H28N2O4. The normalized spacial score (nSPS) is 10.5. The van der Waals surface area contributed by atoms with Crippen LogP contribution in [-0.4, -0.2) is 39.1 Å². The minimum absolute atomic E-state index is 0.0716. The van der Waals surface area contributed by atoms with E-state index in [1.54, 1.807) is 30.2 Å². The molecule has 0 unspecified atom stereocenters. The van der Waals surface area contributed by atoms with Crippen molar-refractivity contribution in [1.82, 2.24) is 5.32 Å². The minimum Gasteiger partial charge on any atom is -0.493 e. The molecule has 0 saturated carbocycles. The topological polar surface area (TPSA) is 67.9 Å². The smallest absolute Gasteiger partial charge is 0.251 e. The fourth-order valence-electron chi connectivity index (χ4n) is 2.87. The fourth-order valence-corrected chi connectivity index (χ4v) is 2.87. The molecule has 0 spiro atoms. The Morgan fingerprint density at radius 3 is 2.18 bits per heavy atom. The van der Waals surface area contributed by atoms with Gasteiger partial charge in [-0.25, -0.2) is 0 Å². The van der Waals surface area contributed by atoms with Gasteiger partial charge in [0.15, 0.2) is 11.5 Å². The van der Waals surface area contributed by atoms with Crippen molar-refractivity contribution in [2.75, 3.05) is 32.2 Å². The molecule has 0 radical (unpaired) electrons. The van der Waals surface area contributed by atoms with E-state index in [1.165, 1.54) is 19.6 Å². The number of rotatable bonds is 8. The summed E-state index contributed by atoms with van der Waals surface area (Å²) in [6, 6.07) is 12.9. The van der Waals surface area contributed by atoms with Crippen molar-refractivity contribution in [1.29, 1.82) is 0 Å². The van der Waals surface area contributed by atoms with Crippen LogP contribution < -0.4 is 19.7 Å². The average molecular weight is 384 g/mol. The zero-order valence-electron chi connectivity index (χ0n) is 17.1. The predicted molar refractivity (Wildman–Crippen MR) is 110 cm³/mol. The van der Waals surface area contributed by atoms with Crippen LogP contribution in [0, 0.1) is 0 Å². The Hall–Kier alpha value is -3.02. The average Bonchev–Trinajstić information content (AvgIpc) is 2.70. The van der Waals surface area contributed by atoms with E-state index in [-0.39, 0.29) is 11.8 Å². The molecule has 2 rings (SSSR count). The Bertz CT molecular complexity index is 816. The number of methoxy groups -OCH3 is 2. The van der Waals surface area contributed by atoms with Gasteiger partial charge < -0.3 is 19.7 Å². The van der Waals surface area contributed by atoms with E-state index < -0.39 is 0 Å². The first kappa shape index (κ1) is 21.3. The summed E-state index contributed by atoms with van der Waals surface area (Å²) >= 11 is 0. The Labute approximate surface area is 166 Å². The van der Waals surface area contributed by atoms with Crippen LogP contribution >= 0.6 is 0 Å². The SMILES string of the molecule is COc1ccc(C(=O)NCCN(C(C)=O)c2ccc(C(C)C)cc2)cc1OC. The summed E-state index contributed by atoms with van der Waals surface area (Å²) in [4.78, 5) is 26.1. The van der Waals surface area contributed by atoms with E-state index >= 15 is 0 Å². The highest BCUT2D eigenvalue weighted by molar-refractivity contribution is 5.95. The summed E-state index contributed by atoms with van der Waals surface area (Å²) in [5.74, 6) is 1.18. The largest absolute Gasteiger partial charge is 0.493 e. The summed E-state index contributed by atoms with van der Waals surface area (Å²) in [6.07, 6.45) is 0. The minimum atomic E-state index is -0.236. The van der Waals surface area contributed by atoms with Crippen molar-refractivity contribution in [3.63, 3.8) is 0 Å². The number of anilines is 1. The third kappa shape index (κ3) is 5.25. The molecule has 0 fully saturated rings. The molecule has 0 aromatic heterocycles. The second-order valence-electron chi connectivity index (χ2n) is 6.74. The van der Waals surface area contributed by atoms with Gasteiger partial charge in [-0.2, -0.15) is 0 Å². The molecule has 2 amide bonds. The standard InChI is InChI=1S/C22H28N2O4/c1-15(2)17-6-9-19(10-7-17)24(16(3)25)13-12-23-22(26)18-8-11-20(27-4)21(14-18)28-5/h6-11,14-15H,12-13H2,1-5H3,(H,23,26). The molecule has 6 nitrogen and oxygen atoms in total. The maximum atomic E-state index is 12.4. The van der Waals surface area contributed by atoms with E-state index in [0.29, 0.717) is 36.1 Å². The van der Waals surface area contributed by atoms with Crippen LogP contribution in [0.15, 0.2) is 42.5 Å². The molecule has 0 atom stereocenters. The van der Waals surface area contributed by atoms with Gasteiger partial charge in [0.1, 0.15) is 0 Å². The lowest BCUT2D eigenvalue weighted by Crippen LogP contribution is -2.37. The number of hydrogen-bond donors (Lipinski definition) is 1. The predicted octanol–water partition coefficient (Wildman–Crippen LogP) is 3.61. The van der Waals surface area contributed by atoms with Crippen LogP contribution in [0.1, 0.15) is 42.6 Å². The molecule has 0 aliphatic rings. The molecule has 28 heavy (non-hydrogen) atoms. The van der Waals surface area contributed by atoms with E-state index in [4.69, 9.17) is 9.47 Å². The van der Waals surface area contributed by atoms with Gasteiger partial charge in [0.25, 0.3) is 5.91 Å². The van der Waals surface area contributed by atoms with Crippen LogP contribution in [0.5, 0.6) is 11.5 Å². The third-order valence-corrected chi connectivity index (χ3v) is 4.52. The van der Waals surface area contributed by atoms with Gasteiger partial charge in [-0.15, -0.1) is 0 Å². The number of nitrogens with zero attached hydrogens (tertiary/aromatic N) is 1. The van der Waals surface area contributed by atoms with Gasteiger partial charge in [-0.3, -0.25) is 9.59 Å². The van der Waals surface area contributed by atoms with E-state index in [0.717, 1.165) is 5.69 Å². The molecular weight excluding hydrogens is 356 g/mol. The highest BCUT2D eigenvalue weighted by atomic mass is 16.5. The van der Waals surface area contributed by atoms with Crippen LogP contribution in [0.4, 0.5) is 5.69 Å². The molecule has 150 valence electrons. The van der Waals surface area contributed by atoms with E-state index in [9.17, 15) is 9.59 Å².